The SMILES string of the molecule is COc1ccc(OCCN2CCN(CCCC(=O)c3ccccc3)CC2)cc1.Cl.Cl. The Balaban J connectivity index is 0.00000225. The van der Waals surface area contributed by atoms with E-state index >= 15 is 0 Å². The molecule has 0 unspecified atom stereocenters. The summed E-state index contributed by atoms with van der Waals surface area (Å²) in [6.45, 7) is 6.85. The molecule has 1 saturated heterocycles. The van der Waals surface area contributed by atoms with Crippen molar-refractivity contribution in [1.82, 2.24) is 9.80 Å². The largest absolute Gasteiger partial charge is 0.497 e. The third-order valence-electron chi connectivity index (χ3n) is 5.17. The molecule has 3 rings (SSSR count). The first-order valence-corrected chi connectivity index (χ1v) is 10.0. The van der Waals surface area contributed by atoms with E-state index < -0.39 is 0 Å². The molecule has 0 N–H and O–H groups in total. The van der Waals surface area contributed by atoms with Gasteiger partial charge < -0.3 is 14.4 Å². The van der Waals surface area contributed by atoms with Crippen LogP contribution in [0, 0.1) is 0 Å². The number of methoxy groups -OCH3 is 1. The second-order valence-electron chi connectivity index (χ2n) is 7.10. The van der Waals surface area contributed by atoms with Crippen molar-refractivity contribution in [2.75, 3.05) is 53.0 Å². The summed E-state index contributed by atoms with van der Waals surface area (Å²) in [5.74, 6) is 1.96. The van der Waals surface area contributed by atoms with E-state index in [0.717, 1.165) is 62.8 Å². The number of hydrogen-bond donors (Lipinski definition) is 0. The highest BCUT2D eigenvalue weighted by Gasteiger charge is 2.16. The normalized spacial score (nSPS) is 14.3. The van der Waals surface area contributed by atoms with Crippen LogP contribution in [0.5, 0.6) is 11.5 Å². The molecule has 0 bridgehead atoms. The minimum atomic E-state index is 0. The van der Waals surface area contributed by atoms with Crippen LogP contribution in [-0.2, 0) is 0 Å². The summed E-state index contributed by atoms with van der Waals surface area (Å²) < 4.78 is 11.0. The Hall–Kier alpha value is -1.79. The number of carbonyl (C=O) groups is 1. The summed E-state index contributed by atoms with van der Waals surface area (Å²) in [6.07, 6.45) is 1.55. The van der Waals surface area contributed by atoms with Crippen LogP contribution in [0.4, 0.5) is 0 Å². The van der Waals surface area contributed by atoms with E-state index in [0.29, 0.717) is 13.0 Å². The maximum atomic E-state index is 12.2. The molecular weight excluding hydrogens is 423 g/mol. The van der Waals surface area contributed by atoms with E-state index in [1.165, 1.54) is 0 Å². The first kappa shape index (κ1) is 26.2. The van der Waals surface area contributed by atoms with Crippen LogP contribution < -0.4 is 9.47 Å². The highest BCUT2D eigenvalue weighted by atomic mass is 35.5. The minimum absolute atomic E-state index is 0. The second-order valence-corrected chi connectivity index (χ2v) is 7.10. The molecule has 7 heteroatoms. The zero-order chi connectivity index (χ0) is 19.6. The second kappa shape index (κ2) is 14.3. The fraction of sp³-hybridized carbons (Fsp3) is 0.435. The lowest BCUT2D eigenvalue weighted by molar-refractivity contribution is 0.0953. The van der Waals surface area contributed by atoms with Crippen LogP contribution in [0.3, 0.4) is 0 Å². The molecule has 30 heavy (non-hydrogen) atoms. The molecule has 1 heterocycles. The molecule has 5 nitrogen and oxygen atoms in total. The Kier molecular flexibility index (Phi) is 12.5. The Labute approximate surface area is 192 Å². The number of benzene rings is 2. The highest BCUT2D eigenvalue weighted by molar-refractivity contribution is 5.95. The summed E-state index contributed by atoms with van der Waals surface area (Å²) in [4.78, 5) is 17.1. The first-order chi connectivity index (χ1) is 13.7. The van der Waals surface area contributed by atoms with Gasteiger partial charge in [-0.1, -0.05) is 30.3 Å². The Morgan fingerprint density at radius 2 is 1.40 bits per heavy atom. The van der Waals surface area contributed by atoms with Gasteiger partial charge in [-0.15, -0.1) is 24.8 Å². The van der Waals surface area contributed by atoms with E-state index in [-0.39, 0.29) is 30.6 Å². The average Bonchev–Trinajstić information content (AvgIpc) is 2.76. The van der Waals surface area contributed by atoms with Gasteiger partial charge in [-0.05, 0) is 37.2 Å². The Bertz CT molecular complexity index is 721. The summed E-state index contributed by atoms with van der Waals surface area (Å²) in [5.41, 5.74) is 0.823. The minimum Gasteiger partial charge on any atom is -0.497 e. The van der Waals surface area contributed by atoms with Gasteiger partial charge in [0.2, 0.25) is 0 Å². The molecule has 0 radical (unpaired) electrons. The number of rotatable bonds is 10. The average molecular weight is 455 g/mol. The highest BCUT2D eigenvalue weighted by Crippen LogP contribution is 2.17. The van der Waals surface area contributed by atoms with Crippen molar-refractivity contribution < 1.29 is 14.3 Å². The predicted molar refractivity (Wildman–Crippen MR) is 126 cm³/mol. The molecule has 1 fully saturated rings. The van der Waals surface area contributed by atoms with E-state index in [9.17, 15) is 4.79 Å². The third kappa shape index (κ3) is 8.52. The van der Waals surface area contributed by atoms with E-state index in [1.807, 2.05) is 54.6 Å². The van der Waals surface area contributed by atoms with Gasteiger partial charge in [0.05, 0.1) is 7.11 Å². The summed E-state index contributed by atoms with van der Waals surface area (Å²) in [5, 5.41) is 0. The van der Waals surface area contributed by atoms with E-state index in [1.54, 1.807) is 7.11 Å². The zero-order valence-electron chi connectivity index (χ0n) is 17.5. The van der Waals surface area contributed by atoms with E-state index in [4.69, 9.17) is 9.47 Å². The van der Waals surface area contributed by atoms with Crippen LogP contribution >= 0.6 is 24.8 Å². The fourth-order valence-electron chi connectivity index (χ4n) is 3.43. The maximum Gasteiger partial charge on any atom is 0.162 e. The van der Waals surface area contributed by atoms with Gasteiger partial charge in [0.25, 0.3) is 0 Å². The molecule has 0 saturated carbocycles. The Morgan fingerprint density at radius 1 is 0.833 bits per heavy atom. The lowest BCUT2D eigenvalue weighted by Gasteiger charge is -2.34. The van der Waals surface area contributed by atoms with Crippen molar-refractivity contribution in [3.8, 4) is 11.5 Å². The quantitative estimate of drug-likeness (QED) is 0.503. The molecule has 1 aliphatic heterocycles. The third-order valence-corrected chi connectivity index (χ3v) is 5.17. The van der Waals surface area contributed by atoms with Crippen LogP contribution in [-0.4, -0.2) is 68.6 Å². The number of Topliss-reactive ketones (excluding diaryl/α,β-unsaturated/α-hetero) is 1. The number of ether oxygens (including phenoxy) is 2. The van der Waals surface area contributed by atoms with Crippen LogP contribution in [0.25, 0.3) is 0 Å². The summed E-state index contributed by atoms with van der Waals surface area (Å²) in [6, 6.07) is 17.3. The molecule has 0 aliphatic carbocycles. The van der Waals surface area contributed by atoms with Crippen molar-refractivity contribution >= 4 is 30.6 Å². The summed E-state index contributed by atoms with van der Waals surface area (Å²) >= 11 is 0. The van der Waals surface area contributed by atoms with Gasteiger partial charge in [-0.3, -0.25) is 9.69 Å². The van der Waals surface area contributed by atoms with Crippen molar-refractivity contribution in [3.63, 3.8) is 0 Å². The number of piperazine rings is 1. The van der Waals surface area contributed by atoms with Gasteiger partial charge >= 0.3 is 0 Å². The standard InChI is InChI=1S/C23H30N2O3.2ClH/c1-27-21-9-11-22(12-10-21)28-19-18-25-16-14-24(15-17-25)13-5-8-23(26)20-6-3-2-4-7-20;;/h2-4,6-7,9-12H,5,8,13-19H2,1H3;2*1H. The Morgan fingerprint density at radius 3 is 2.00 bits per heavy atom. The number of halogens is 2. The van der Waals surface area contributed by atoms with E-state index in [2.05, 4.69) is 9.80 Å². The molecule has 166 valence electrons. The molecule has 0 spiro atoms. The molecule has 2 aromatic rings. The topological polar surface area (TPSA) is 42.0 Å². The number of hydrogen-bond acceptors (Lipinski definition) is 5. The van der Waals surface area contributed by atoms with Gasteiger partial charge in [0.15, 0.2) is 5.78 Å². The van der Waals surface area contributed by atoms with Gasteiger partial charge in [-0.2, -0.15) is 0 Å². The van der Waals surface area contributed by atoms with Crippen molar-refractivity contribution in [3.05, 3.63) is 60.2 Å². The van der Waals surface area contributed by atoms with Gasteiger partial charge in [0, 0.05) is 44.7 Å². The van der Waals surface area contributed by atoms with Crippen molar-refractivity contribution in [2.45, 2.75) is 12.8 Å². The molecule has 2 aromatic carbocycles. The predicted octanol–water partition coefficient (Wildman–Crippen LogP) is 4.20. The molecule has 0 atom stereocenters. The zero-order valence-corrected chi connectivity index (χ0v) is 19.1. The lowest BCUT2D eigenvalue weighted by atomic mass is 10.1. The molecule has 1 aliphatic rings. The van der Waals surface area contributed by atoms with Crippen LogP contribution in [0.15, 0.2) is 54.6 Å². The molecule has 0 aromatic heterocycles. The number of carbonyl (C=O) groups excluding carboxylic acids is 1. The van der Waals surface area contributed by atoms with Crippen molar-refractivity contribution in [1.29, 1.82) is 0 Å². The van der Waals surface area contributed by atoms with Crippen LogP contribution in [0.2, 0.25) is 0 Å². The number of nitrogens with zero attached hydrogens (tertiary/aromatic N) is 2. The monoisotopic (exact) mass is 454 g/mol. The fourth-order valence-corrected chi connectivity index (χ4v) is 3.43. The smallest absolute Gasteiger partial charge is 0.162 e. The lowest BCUT2D eigenvalue weighted by Crippen LogP contribution is -2.47. The maximum absolute atomic E-state index is 12.2. The number of ketones is 1. The van der Waals surface area contributed by atoms with Crippen molar-refractivity contribution in [2.24, 2.45) is 0 Å². The van der Waals surface area contributed by atoms with Gasteiger partial charge in [-0.25, -0.2) is 0 Å². The molecular formula is C23H32Cl2N2O3. The molecule has 0 amide bonds. The first-order valence-electron chi connectivity index (χ1n) is 10.0. The van der Waals surface area contributed by atoms with Gasteiger partial charge in [0.1, 0.15) is 18.1 Å². The van der Waals surface area contributed by atoms with Crippen LogP contribution in [0.1, 0.15) is 23.2 Å². The summed E-state index contributed by atoms with van der Waals surface area (Å²) in [7, 11) is 1.66.